The minimum Gasteiger partial charge on any atom is -0.521 e. The van der Waals surface area contributed by atoms with Crippen LogP contribution in [-0.4, -0.2) is 34.4 Å². The Bertz CT molecular complexity index is 152. The zero-order chi connectivity index (χ0) is 10.4. The first-order valence-corrected chi connectivity index (χ1v) is 5.22. The largest absolute Gasteiger partial charge is 1.00 e. The second kappa shape index (κ2) is 8.06. The van der Waals surface area contributed by atoms with Crippen molar-refractivity contribution in [2.75, 3.05) is 21.3 Å². The van der Waals surface area contributed by atoms with Gasteiger partial charge in [0.1, 0.15) is 0 Å². The molecule has 0 amide bonds. The summed E-state index contributed by atoms with van der Waals surface area (Å²) in [4.78, 5) is 0. The quantitative estimate of drug-likeness (QED) is 0.547. The summed E-state index contributed by atoms with van der Waals surface area (Å²) < 4.78 is 21.1. The molecule has 1 fully saturated rings. The van der Waals surface area contributed by atoms with Gasteiger partial charge >= 0.3 is 36.5 Å². The molecule has 6 heteroatoms. The van der Waals surface area contributed by atoms with Crippen LogP contribution in [0.4, 0.5) is 0 Å². The van der Waals surface area contributed by atoms with E-state index in [0.717, 1.165) is 12.8 Å². The van der Waals surface area contributed by atoms with Crippen LogP contribution in [-0.2, 0) is 18.6 Å². The molecular formula is C9H20BNaO4. The van der Waals surface area contributed by atoms with Crippen LogP contribution in [0.15, 0.2) is 0 Å². The van der Waals surface area contributed by atoms with Crippen molar-refractivity contribution in [1.29, 1.82) is 0 Å². The van der Waals surface area contributed by atoms with Crippen molar-refractivity contribution in [2.24, 2.45) is 0 Å². The molecule has 1 aliphatic carbocycles. The van der Waals surface area contributed by atoms with Crippen molar-refractivity contribution in [1.82, 2.24) is 0 Å². The van der Waals surface area contributed by atoms with Gasteiger partial charge in [-0.25, -0.2) is 0 Å². The van der Waals surface area contributed by atoms with E-state index in [4.69, 9.17) is 18.6 Å². The molecule has 0 aliphatic heterocycles. The molecular weight excluding hydrogens is 206 g/mol. The first kappa shape index (κ1) is 15.9. The third kappa shape index (κ3) is 4.73. The summed E-state index contributed by atoms with van der Waals surface area (Å²) in [5, 5.41) is 0. The maximum absolute atomic E-state index is 5.72. The molecule has 0 N–H and O–H groups in total. The molecule has 0 heterocycles. The van der Waals surface area contributed by atoms with Crippen LogP contribution in [0.2, 0.25) is 0 Å². The van der Waals surface area contributed by atoms with Gasteiger partial charge in [0.2, 0.25) is 0 Å². The van der Waals surface area contributed by atoms with Gasteiger partial charge in [-0.3, -0.25) is 0 Å². The van der Waals surface area contributed by atoms with Gasteiger partial charge in [-0.05, 0) is 34.2 Å². The van der Waals surface area contributed by atoms with Gasteiger partial charge < -0.3 is 18.6 Å². The van der Waals surface area contributed by atoms with Crippen molar-refractivity contribution in [2.45, 2.75) is 38.2 Å². The van der Waals surface area contributed by atoms with E-state index in [1.54, 1.807) is 0 Å². The monoisotopic (exact) mass is 226 g/mol. The van der Waals surface area contributed by atoms with E-state index >= 15 is 0 Å². The van der Waals surface area contributed by atoms with Gasteiger partial charge in [-0.1, -0.05) is 19.3 Å². The summed E-state index contributed by atoms with van der Waals surface area (Å²) in [5.41, 5.74) is 0. The third-order valence-electron chi connectivity index (χ3n) is 2.78. The van der Waals surface area contributed by atoms with Crippen LogP contribution in [0.25, 0.3) is 0 Å². The fourth-order valence-electron chi connectivity index (χ4n) is 1.89. The molecule has 1 saturated carbocycles. The van der Waals surface area contributed by atoms with Crippen LogP contribution in [0.5, 0.6) is 0 Å². The Morgan fingerprint density at radius 1 is 0.867 bits per heavy atom. The molecule has 0 aromatic heterocycles. The maximum Gasteiger partial charge on any atom is 1.00 e. The molecule has 84 valence electrons. The molecule has 0 aromatic carbocycles. The van der Waals surface area contributed by atoms with Crippen LogP contribution >= 0.6 is 0 Å². The smallest absolute Gasteiger partial charge is 0.521 e. The summed E-state index contributed by atoms with van der Waals surface area (Å²) >= 11 is 0. The standard InChI is InChI=1S/C9H20BO4.Na/c1-11-10(12-2,13-3)14-9-7-5-4-6-8-9;/h9H,4-8H2,1-3H3;/q-1;+1. The Balaban J connectivity index is 0.00000196. The maximum atomic E-state index is 5.72. The third-order valence-corrected chi connectivity index (χ3v) is 2.78. The van der Waals surface area contributed by atoms with E-state index in [0.29, 0.717) is 0 Å². The Labute approximate surface area is 114 Å². The summed E-state index contributed by atoms with van der Waals surface area (Å²) in [6, 6.07) is 0. The summed E-state index contributed by atoms with van der Waals surface area (Å²) in [6.07, 6.45) is 6.08. The fraction of sp³-hybridized carbons (Fsp3) is 1.00. The van der Waals surface area contributed by atoms with Crippen LogP contribution < -0.4 is 29.6 Å². The predicted octanol–water partition coefficient (Wildman–Crippen LogP) is -1.29. The summed E-state index contributed by atoms with van der Waals surface area (Å²) in [7, 11) is 4.61. The minimum absolute atomic E-state index is 0. The van der Waals surface area contributed by atoms with Crippen molar-refractivity contribution < 1.29 is 48.2 Å². The van der Waals surface area contributed by atoms with E-state index in [9.17, 15) is 0 Å². The Morgan fingerprint density at radius 2 is 1.33 bits per heavy atom. The first-order valence-electron chi connectivity index (χ1n) is 5.22. The van der Waals surface area contributed by atoms with E-state index < -0.39 is 6.96 Å². The van der Waals surface area contributed by atoms with Crippen LogP contribution in [0.3, 0.4) is 0 Å². The van der Waals surface area contributed by atoms with Crippen LogP contribution in [0.1, 0.15) is 32.1 Å². The zero-order valence-corrected chi connectivity index (χ0v) is 12.3. The van der Waals surface area contributed by atoms with E-state index in [2.05, 4.69) is 0 Å². The van der Waals surface area contributed by atoms with Gasteiger partial charge in [-0.2, -0.15) is 0 Å². The minimum atomic E-state index is -1.99. The predicted molar refractivity (Wildman–Crippen MR) is 54.7 cm³/mol. The number of hydrogen-bond acceptors (Lipinski definition) is 4. The second-order valence-electron chi connectivity index (χ2n) is 3.68. The Morgan fingerprint density at radius 3 is 1.73 bits per heavy atom. The average Bonchev–Trinajstić information content (AvgIpc) is 2.28. The van der Waals surface area contributed by atoms with E-state index in [1.165, 1.54) is 40.6 Å². The van der Waals surface area contributed by atoms with E-state index in [1.807, 2.05) is 0 Å². The molecule has 0 aromatic rings. The topological polar surface area (TPSA) is 36.9 Å². The second-order valence-corrected chi connectivity index (χ2v) is 3.68. The van der Waals surface area contributed by atoms with E-state index in [-0.39, 0.29) is 35.7 Å². The molecule has 15 heavy (non-hydrogen) atoms. The Hall–Kier alpha value is 0.905. The van der Waals surface area contributed by atoms with Crippen molar-refractivity contribution in [3.8, 4) is 0 Å². The molecule has 0 bridgehead atoms. The number of hydrogen-bond donors (Lipinski definition) is 0. The van der Waals surface area contributed by atoms with Gasteiger partial charge in [0.15, 0.2) is 0 Å². The first-order chi connectivity index (χ1) is 6.76. The molecule has 0 radical (unpaired) electrons. The van der Waals surface area contributed by atoms with Gasteiger partial charge in [0.25, 0.3) is 0 Å². The number of rotatable bonds is 5. The van der Waals surface area contributed by atoms with Gasteiger partial charge in [-0.15, -0.1) is 0 Å². The van der Waals surface area contributed by atoms with Crippen molar-refractivity contribution in [3.05, 3.63) is 0 Å². The molecule has 4 nitrogen and oxygen atoms in total. The molecule has 1 aliphatic rings. The van der Waals surface area contributed by atoms with Gasteiger partial charge in [0.05, 0.1) is 0 Å². The molecule has 0 spiro atoms. The Kier molecular flexibility index (Phi) is 8.55. The van der Waals surface area contributed by atoms with Crippen LogP contribution in [0, 0.1) is 0 Å². The summed E-state index contributed by atoms with van der Waals surface area (Å²) in [5.74, 6) is 0. The van der Waals surface area contributed by atoms with Crippen molar-refractivity contribution >= 4 is 6.96 Å². The van der Waals surface area contributed by atoms with Crippen molar-refractivity contribution in [3.63, 3.8) is 0 Å². The average molecular weight is 226 g/mol. The fourth-order valence-corrected chi connectivity index (χ4v) is 1.89. The molecule has 0 saturated heterocycles. The normalized spacial score (nSPS) is 18.6. The van der Waals surface area contributed by atoms with Gasteiger partial charge in [0, 0.05) is 6.10 Å². The zero-order valence-electron chi connectivity index (χ0n) is 10.3. The molecule has 0 atom stereocenters. The molecule has 0 unspecified atom stereocenters. The SMILES string of the molecule is CO[B-](OC)(OC)OC1CCCCC1.[Na+]. The summed E-state index contributed by atoms with van der Waals surface area (Å²) in [6.45, 7) is -1.99. The molecule has 1 rings (SSSR count).